The van der Waals surface area contributed by atoms with E-state index in [9.17, 15) is 9.59 Å². The van der Waals surface area contributed by atoms with Gasteiger partial charge in [0, 0.05) is 30.7 Å². The van der Waals surface area contributed by atoms with Crippen molar-refractivity contribution in [1.29, 1.82) is 0 Å². The van der Waals surface area contributed by atoms with E-state index >= 15 is 0 Å². The van der Waals surface area contributed by atoms with Gasteiger partial charge in [0.25, 0.3) is 11.8 Å². The summed E-state index contributed by atoms with van der Waals surface area (Å²) >= 11 is 1.21. The lowest BCUT2D eigenvalue weighted by atomic mass is 10.2. The molecule has 0 saturated carbocycles. The number of thiazole rings is 1. The van der Waals surface area contributed by atoms with Crippen LogP contribution in [-0.4, -0.2) is 35.8 Å². The number of rotatable bonds is 3. The highest BCUT2D eigenvalue weighted by Crippen LogP contribution is 2.15. The van der Waals surface area contributed by atoms with E-state index in [1.165, 1.54) is 16.2 Å². The lowest BCUT2D eigenvalue weighted by Crippen LogP contribution is -2.21. The Hall–Kier alpha value is -2.41. The molecule has 3 N–H and O–H groups in total. The second-order valence-electron chi connectivity index (χ2n) is 4.30. The van der Waals surface area contributed by atoms with Gasteiger partial charge < -0.3 is 16.0 Å². The zero-order chi connectivity index (χ0) is 14.7. The first-order valence-corrected chi connectivity index (χ1v) is 6.69. The first kappa shape index (κ1) is 14.0. The van der Waals surface area contributed by atoms with Gasteiger partial charge in [0.2, 0.25) is 0 Å². The number of amides is 2. The number of nitrogens with two attached hydrogens (primary N) is 1. The minimum Gasteiger partial charge on any atom is -0.375 e. The fourth-order valence-electron chi connectivity index (χ4n) is 1.54. The van der Waals surface area contributed by atoms with E-state index in [0.717, 1.165) is 0 Å². The fourth-order valence-corrected chi connectivity index (χ4v) is 2.08. The van der Waals surface area contributed by atoms with Crippen molar-refractivity contribution >= 4 is 34.0 Å². The molecule has 0 fully saturated rings. The van der Waals surface area contributed by atoms with Gasteiger partial charge in [-0.2, -0.15) is 0 Å². The number of nitrogens with zero attached hydrogens (tertiary/aromatic N) is 2. The molecule has 0 spiro atoms. The Bertz CT molecular complexity index is 634. The molecule has 2 aromatic rings. The van der Waals surface area contributed by atoms with E-state index < -0.39 is 0 Å². The Morgan fingerprint density at radius 1 is 1.25 bits per heavy atom. The first-order chi connectivity index (χ1) is 9.47. The molecule has 0 aliphatic carbocycles. The molecule has 0 aliphatic heterocycles. The Kier molecular flexibility index (Phi) is 3.99. The molecule has 0 atom stereocenters. The van der Waals surface area contributed by atoms with Gasteiger partial charge in [-0.1, -0.05) is 0 Å². The second-order valence-corrected chi connectivity index (χ2v) is 5.19. The minimum atomic E-state index is -0.329. The highest BCUT2D eigenvalue weighted by Gasteiger charge is 2.11. The molecule has 2 amide bonds. The van der Waals surface area contributed by atoms with Crippen molar-refractivity contribution in [1.82, 2.24) is 9.88 Å². The summed E-state index contributed by atoms with van der Waals surface area (Å²) in [4.78, 5) is 29.0. The standard InChI is InChI=1S/C13H14N4O2S/c1-17(2)12(19)8-3-5-9(6-4-8)15-11(18)10-7-20-13(14)16-10/h3-7H,1-2H3,(H2,14,16)(H,15,18). The third-order valence-electron chi connectivity index (χ3n) is 2.55. The number of nitrogens with one attached hydrogen (secondary N) is 1. The molecule has 1 aromatic carbocycles. The van der Waals surface area contributed by atoms with Crippen molar-refractivity contribution in [2.75, 3.05) is 25.1 Å². The predicted octanol–water partition coefficient (Wildman–Crippen LogP) is 1.68. The van der Waals surface area contributed by atoms with E-state index in [1.807, 2.05) is 0 Å². The molecular weight excluding hydrogens is 276 g/mol. The topological polar surface area (TPSA) is 88.3 Å². The minimum absolute atomic E-state index is 0.0878. The van der Waals surface area contributed by atoms with Crippen LogP contribution in [0.3, 0.4) is 0 Å². The molecule has 0 radical (unpaired) electrons. The molecule has 1 heterocycles. The summed E-state index contributed by atoms with van der Waals surface area (Å²) in [6.07, 6.45) is 0. The summed E-state index contributed by atoms with van der Waals surface area (Å²) < 4.78 is 0. The monoisotopic (exact) mass is 290 g/mol. The number of carbonyl (C=O) groups excluding carboxylic acids is 2. The summed E-state index contributed by atoms with van der Waals surface area (Å²) in [5, 5.41) is 4.63. The van der Waals surface area contributed by atoms with Gasteiger partial charge in [-0.3, -0.25) is 9.59 Å². The van der Waals surface area contributed by atoms with Gasteiger partial charge >= 0.3 is 0 Å². The molecule has 104 valence electrons. The van der Waals surface area contributed by atoms with E-state index in [2.05, 4.69) is 10.3 Å². The molecule has 7 heteroatoms. The van der Waals surface area contributed by atoms with Crippen molar-refractivity contribution in [2.24, 2.45) is 0 Å². The van der Waals surface area contributed by atoms with Crippen LogP contribution in [0.5, 0.6) is 0 Å². The largest absolute Gasteiger partial charge is 0.375 e. The van der Waals surface area contributed by atoms with Crippen LogP contribution in [0.4, 0.5) is 10.8 Å². The Morgan fingerprint density at radius 2 is 1.90 bits per heavy atom. The van der Waals surface area contributed by atoms with Gasteiger partial charge in [0.1, 0.15) is 5.69 Å². The number of hydrogen-bond donors (Lipinski definition) is 2. The molecule has 20 heavy (non-hydrogen) atoms. The highest BCUT2D eigenvalue weighted by molar-refractivity contribution is 7.13. The summed E-state index contributed by atoms with van der Waals surface area (Å²) in [6.45, 7) is 0. The lowest BCUT2D eigenvalue weighted by Gasteiger charge is -2.10. The van der Waals surface area contributed by atoms with Crippen LogP contribution in [-0.2, 0) is 0 Å². The van der Waals surface area contributed by atoms with Gasteiger partial charge in [-0.05, 0) is 24.3 Å². The van der Waals surface area contributed by atoms with E-state index in [-0.39, 0.29) is 17.5 Å². The third kappa shape index (κ3) is 3.12. The maximum atomic E-state index is 11.9. The zero-order valence-corrected chi connectivity index (χ0v) is 11.9. The van der Waals surface area contributed by atoms with Crippen LogP contribution in [0, 0.1) is 0 Å². The van der Waals surface area contributed by atoms with E-state index in [1.54, 1.807) is 43.7 Å². The maximum absolute atomic E-state index is 11.9. The normalized spacial score (nSPS) is 10.1. The summed E-state index contributed by atoms with van der Waals surface area (Å²) in [6, 6.07) is 6.66. The molecule has 0 unspecified atom stereocenters. The Morgan fingerprint density at radius 3 is 2.40 bits per heavy atom. The third-order valence-corrected chi connectivity index (χ3v) is 3.22. The summed E-state index contributed by atoms with van der Waals surface area (Å²) in [5.41, 5.74) is 6.91. The molecule has 0 saturated heterocycles. The van der Waals surface area contributed by atoms with Gasteiger partial charge in [0.15, 0.2) is 5.13 Å². The van der Waals surface area contributed by atoms with Crippen molar-refractivity contribution in [3.8, 4) is 0 Å². The second kappa shape index (κ2) is 5.70. The van der Waals surface area contributed by atoms with Crippen LogP contribution in [0.25, 0.3) is 0 Å². The Balaban J connectivity index is 2.07. The molecule has 2 rings (SSSR count). The lowest BCUT2D eigenvalue weighted by molar-refractivity contribution is 0.0827. The zero-order valence-electron chi connectivity index (χ0n) is 11.1. The van der Waals surface area contributed by atoms with Crippen molar-refractivity contribution in [2.45, 2.75) is 0 Å². The fraction of sp³-hybridized carbons (Fsp3) is 0.154. The molecule has 0 bridgehead atoms. The molecule has 0 aliphatic rings. The smallest absolute Gasteiger partial charge is 0.275 e. The van der Waals surface area contributed by atoms with Crippen molar-refractivity contribution in [3.05, 3.63) is 40.9 Å². The van der Waals surface area contributed by atoms with Crippen LogP contribution in [0.15, 0.2) is 29.6 Å². The van der Waals surface area contributed by atoms with Gasteiger partial charge in [-0.15, -0.1) is 11.3 Å². The van der Waals surface area contributed by atoms with Crippen LogP contribution < -0.4 is 11.1 Å². The van der Waals surface area contributed by atoms with Crippen LogP contribution in [0.2, 0.25) is 0 Å². The maximum Gasteiger partial charge on any atom is 0.275 e. The van der Waals surface area contributed by atoms with E-state index in [0.29, 0.717) is 16.4 Å². The first-order valence-electron chi connectivity index (χ1n) is 5.81. The predicted molar refractivity (Wildman–Crippen MR) is 78.9 cm³/mol. The summed E-state index contributed by atoms with van der Waals surface area (Å²) in [5.74, 6) is -0.417. The SMILES string of the molecule is CN(C)C(=O)c1ccc(NC(=O)c2csc(N)n2)cc1. The number of benzene rings is 1. The number of anilines is 2. The number of carbonyl (C=O) groups is 2. The van der Waals surface area contributed by atoms with Gasteiger partial charge in [0.05, 0.1) is 0 Å². The number of aromatic nitrogens is 1. The van der Waals surface area contributed by atoms with Crippen LogP contribution in [0.1, 0.15) is 20.8 Å². The molecule has 1 aromatic heterocycles. The number of nitrogen functional groups attached to an aromatic ring is 1. The molecule has 6 nitrogen and oxygen atoms in total. The number of hydrogen-bond acceptors (Lipinski definition) is 5. The summed E-state index contributed by atoms with van der Waals surface area (Å²) in [7, 11) is 3.37. The quantitative estimate of drug-likeness (QED) is 0.900. The molecular formula is C13H14N4O2S. The Labute approximate surface area is 120 Å². The van der Waals surface area contributed by atoms with Gasteiger partial charge in [-0.25, -0.2) is 4.98 Å². The average molecular weight is 290 g/mol. The van der Waals surface area contributed by atoms with Crippen LogP contribution >= 0.6 is 11.3 Å². The van der Waals surface area contributed by atoms with Crippen molar-refractivity contribution < 1.29 is 9.59 Å². The van der Waals surface area contributed by atoms with E-state index in [4.69, 9.17) is 5.73 Å². The average Bonchev–Trinajstić information content (AvgIpc) is 2.85. The van der Waals surface area contributed by atoms with Crippen molar-refractivity contribution in [3.63, 3.8) is 0 Å². The highest BCUT2D eigenvalue weighted by atomic mass is 32.1.